The van der Waals surface area contributed by atoms with Gasteiger partial charge < -0.3 is 5.32 Å². The van der Waals surface area contributed by atoms with E-state index in [2.05, 4.69) is 5.32 Å². The number of rotatable bonds is 7. The molecule has 1 unspecified atom stereocenters. The lowest BCUT2D eigenvalue weighted by molar-refractivity contribution is -0.121. The molecular weight excluding hydrogens is 356 g/mol. The molecule has 2 aromatic carbocycles. The molecule has 1 amide bonds. The Kier molecular flexibility index (Phi) is 6.64. The highest BCUT2D eigenvalue weighted by Crippen LogP contribution is 2.19. The zero-order chi connectivity index (χ0) is 18.4. The van der Waals surface area contributed by atoms with Gasteiger partial charge >= 0.3 is 0 Å². The number of nitrogens with zero attached hydrogens (tertiary/aromatic N) is 1. The van der Waals surface area contributed by atoms with Crippen molar-refractivity contribution < 1.29 is 13.2 Å². The van der Waals surface area contributed by atoms with Gasteiger partial charge in [0.25, 0.3) is 0 Å². The maximum absolute atomic E-state index is 12.4. The molecule has 134 valence electrons. The van der Waals surface area contributed by atoms with Gasteiger partial charge in [0.1, 0.15) is 0 Å². The summed E-state index contributed by atoms with van der Waals surface area (Å²) in [6, 6.07) is 15.8. The number of thioether (sulfide) groups is 1. The Bertz CT molecular complexity index is 806. The highest BCUT2D eigenvalue weighted by Gasteiger charge is 2.23. The van der Waals surface area contributed by atoms with E-state index in [0.29, 0.717) is 0 Å². The summed E-state index contributed by atoms with van der Waals surface area (Å²) in [7, 11) is -2.27. The number of hydrogen-bond donors (Lipinski definition) is 1. The van der Waals surface area contributed by atoms with Gasteiger partial charge in [-0.3, -0.25) is 4.79 Å². The van der Waals surface area contributed by atoms with Crippen LogP contribution in [-0.4, -0.2) is 38.5 Å². The third kappa shape index (κ3) is 5.07. The summed E-state index contributed by atoms with van der Waals surface area (Å²) in [6.45, 7) is 1.64. The van der Waals surface area contributed by atoms with Gasteiger partial charge in [-0.1, -0.05) is 30.3 Å². The van der Waals surface area contributed by atoms with Crippen LogP contribution in [0.1, 0.15) is 18.5 Å². The van der Waals surface area contributed by atoms with Gasteiger partial charge in [-0.25, -0.2) is 8.42 Å². The number of amides is 1. The summed E-state index contributed by atoms with van der Waals surface area (Å²) < 4.78 is 25.9. The summed E-state index contributed by atoms with van der Waals surface area (Å²) in [6.07, 6.45) is 2.00. The molecule has 1 N–H and O–H groups in total. The first-order valence-corrected chi connectivity index (χ1v) is 10.5. The van der Waals surface area contributed by atoms with Gasteiger partial charge in [-0.05, 0) is 43.0 Å². The molecule has 0 aliphatic carbocycles. The fourth-order valence-corrected chi connectivity index (χ4v) is 3.88. The number of benzene rings is 2. The molecule has 5 nitrogen and oxygen atoms in total. The van der Waals surface area contributed by atoms with Crippen LogP contribution < -0.4 is 5.32 Å². The normalized spacial score (nSPS) is 12.8. The first kappa shape index (κ1) is 19.5. The summed E-state index contributed by atoms with van der Waals surface area (Å²) >= 11 is 1.65. The molecule has 0 aromatic heterocycles. The largest absolute Gasteiger partial charge is 0.348 e. The number of sulfonamides is 1. The van der Waals surface area contributed by atoms with Crippen molar-refractivity contribution in [3.63, 3.8) is 0 Å². The zero-order valence-electron chi connectivity index (χ0n) is 14.5. The molecule has 0 heterocycles. The molecule has 7 heteroatoms. The minimum atomic E-state index is -3.67. The molecule has 0 spiro atoms. The van der Waals surface area contributed by atoms with E-state index in [-0.39, 0.29) is 23.4 Å². The Balaban J connectivity index is 1.99. The average Bonchev–Trinajstić information content (AvgIpc) is 2.62. The molecule has 2 aromatic rings. The van der Waals surface area contributed by atoms with Gasteiger partial charge in [0.15, 0.2) is 0 Å². The Morgan fingerprint density at radius 1 is 1.12 bits per heavy atom. The predicted molar refractivity (Wildman–Crippen MR) is 101 cm³/mol. The smallest absolute Gasteiger partial charge is 0.243 e. The minimum absolute atomic E-state index is 0.172. The molecule has 0 aliphatic rings. The second kappa shape index (κ2) is 8.51. The van der Waals surface area contributed by atoms with Crippen LogP contribution in [0.2, 0.25) is 0 Å². The summed E-state index contributed by atoms with van der Waals surface area (Å²) in [5.74, 6) is -0.344. The molecule has 0 aliphatic heterocycles. The summed E-state index contributed by atoms with van der Waals surface area (Å²) in [4.78, 5) is 13.5. The van der Waals surface area contributed by atoms with E-state index in [4.69, 9.17) is 0 Å². The molecule has 0 bridgehead atoms. The highest BCUT2D eigenvalue weighted by atomic mass is 32.2. The van der Waals surface area contributed by atoms with Crippen LogP contribution in [0, 0.1) is 0 Å². The molecule has 1 atom stereocenters. The predicted octanol–water partition coefficient (Wildman–Crippen LogP) is 2.91. The van der Waals surface area contributed by atoms with Crippen molar-refractivity contribution in [2.24, 2.45) is 0 Å². The molecule has 0 saturated carbocycles. The van der Waals surface area contributed by atoms with E-state index in [1.54, 1.807) is 30.0 Å². The van der Waals surface area contributed by atoms with Crippen molar-refractivity contribution in [2.75, 3.05) is 19.8 Å². The van der Waals surface area contributed by atoms with Crippen molar-refractivity contribution in [2.45, 2.75) is 22.8 Å². The van der Waals surface area contributed by atoms with Crippen molar-refractivity contribution >= 4 is 27.7 Å². The molecule has 25 heavy (non-hydrogen) atoms. The van der Waals surface area contributed by atoms with Crippen molar-refractivity contribution in [3.05, 3.63) is 60.2 Å². The first-order chi connectivity index (χ1) is 11.8. The molecule has 0 saturated heterocycles. The van der Waals surface area contributed by atoms with Crippen LogP contribution in [-0.2, 0) is 14.8 Å². The van der Waals surface area contributed by atoms with Gasteiger partial charge in [0, 0.05) is 11.9 Å². The van der Waals surface area contributed by atoms with Crippen LogP contribution in [0.15, 0.2) is 64.4 Å². The Morgan fingerprint density at radius 3 is 2.28 bits per heavy atom. The van der Waals surface area contributed by atoms with Gasteiger partial charge in [0.2, 0.25) is 15.9 Å². The number of carbonyl (C=O) groups excluding carboxylic acids is 1. The standard InChI is InChI=1S/C18H22N2O3S2/c1-14(15-9-11-16(24-3)12-10-15)19-18(21)13-20(2)25(22,23)17-7-5-4-6-8-17/h4-12,14H,13H2,1-3H3,(H,19,21). The third-order valence-corrected chi connectivity index (χ3v) is 6.37. The number of likely N-dealkylation sites (N-methyl/N-ethyl adjacent to an activating group) is 1. The lowest BCUT2D eigenvalue weighted by atomic mass is 10.1. The van der Waals surface area contributed by atoms with Crippen LogP contribution in [0.25, 0.3) is 0 Å². The fraction of sp³-hybridized carbons (Fsp3) is 0.278. The van der Waals surface area contributed by atoms with E-state index in [1.165, 1.54) is 19.2 Å². The first-order valence-electron chi connectivity index (χ1n) is 7.79. The third-order valence-electron chi connectivity index (χ3n) is 3.81. The summed E-state index contributed by atoms with van der Waals surface area (Å²) in [5, 5.41) is 2.84. The van der Waals surface area contributed by atoms with E-state index < -0.39 is 10.0 Å². The van der Waals surface area contributed by atoms with E-state index in [1.807, 2.05) is 37.4 Å². The van der Waals surface area contributed by atoms with E-state index >= 15 is 0 Å². The summed E-state index contributed by atoms with van der Waals surface area (Å²) in [5.41, 5.74) is 0.972. The van der Waals surface area contributed by atoms with Crippen LogP contribution in [0.4, 0.5) is 0 Å². The van der Waals surface area contributed by atoms with Crippen molar-refractivity contribution in [3.8, 4) is 0 Å². The van der Waals surface area contributed by atoms with Crippen molar-refractivity contribution in [1.82, 2.24) is 9.62 Å². The lowest BCUT2D eigenvalue weighted by Crippen LogP contribution is -2.39. The molecule has 0 fully saturated rings. The maximum Gasteiger partial charge on any atom is 0.243 e. The topological polar surface area (TPSA) is 66.5 Å². The lowest BCUT2D eigenvalue weighted by Gasteiger charge is -2.19. The van der Waals surface area contributed by atoms with Gasteiger partial charge in [-0.2, -0.15) is 4.31 Å². The fourth-order valence-electron chi connectivity index (χ4n) is 2.32. The number of hydrogen-bond acceptors (Lipinski definition) is 4. The monoisotopic (exact) mass is 378 g/mol. The Hall–Kier alpha value is -1.83. The number of nitrogens with one attached hydrogen (secondary N) is 1. The quantitative estimate of drug-likeness (QED) is 0.753. The number of carbonyl (C=O) groups is 1. The van der Waals surface area contributed by atoms with Crippen LogP contribution >= 0.6 is 11.8 Å². The van der Waals surface area contributed by atoms with Crippen LogP contribution in [0.3, 0.4) is 0 Å². The molecular formula is C18H22N2O3S2. The van der Waals surface area contributed by atoms with Gasteiger partial charge in [0.05, 0.1) is 17.5 Å². The SMILES string of the molecule is CSc1ccc(C(C)NC(=O)CN(C)S(=O)(=O)c2ccccc2)cc1. The second-order valence-electron chi connectivity index (χ2n) is 5.64. The van der Waals surface area contributed by atoms with Gasteiger partial charge in [-0.15, -0.1) is 11.8 Å². The van der Waals surface area contributed by atoms with E-state index in [0.717, 1.165) is 14.8 Å². The highest BCUT2D eigenvalue weighted by molar-refractivity contribution is 7.98. The van der Waals surface area contributed by atoms with Crippen LogP contribution in [0.5, 0.6) is 0 Å². The molecule has 0 radical (unpaired) electrons. The Morgan fingerprint density at radius 2 is 1.72 bits per heavy atom. The van der Waals surface area contributed by atoms with Crippen molar-refractivity contribution in [1.29, 1.82) is 0 Å². The Labute approximate surface area is 153 Å². The van der Waals surface area contributed by atoms with E-state index in [9.17, 15) is 13.2 Å². The average molecular weight is 379 g/mol. The second-order valence-corrected chi connectivity index (χ2v) is 8.56. The molecule has 2 rings (SSSR count). The zero-order valence-corrected chi connectivity index (χ0v) is 16.1. The minimum Gasteiger partial charge on any atom is -0.348 e. The maximum atomic E-state index is 12.4.